The van der Waals surface area contributed by atoms with Gasteiger partial charge in [0.05, 0.1) is 11.3 Å². The standard InChI is InChI=1S/C12H15N3O2S3/c13-11-3-1-2-4-12(11)18-5-6-20(16,17)15-8-10-7-14-9-19-10/h1-4,7,9,15H,5-6,8,13H2. The van der Waals surface area contributed by atoms with Crippen molar-refractivity contribution in [1.29, 1.82) is 0 Å². The van der Waals surface area contributed by atoms with Crippen molar-refractivity contribution in [3.05, 3.63) is 40.8 Å². The topological polar surface area (TPSA) is 85.1 Å². The summed E-state index contributed by atoms with van der Waals surface area (Å²) >= 11 is 2.87. The Hall–Kier alpha value is -1.09. The van der Waals surface area contributed by atoms with Crippen LogP contribution in [0.25, 0.3) is 0 Å². The highest BCUT2D eigenvalue weighted by atomic mass is 32.2. The molecule has 0 atom stereocenters. The Bertz CT molecular complexity index is 642. The van der Waals surface area contributed by atoms with Crippen LogP contribution in [-0.2, 0) is 16.6 Å². The van der Waals surface area contributed by atoms with Gasteiger partial charge in [-0.05, 0) is 12.1 Å². The molecular formula is C12H15N3O2S3. The van der Waals surface area contributed by atoms with Crippen molar-refractivity contribution in [2.45, 2.75) is 11.4 Å². The Balaban J connectivity index is 1.79. The monoisotopic (exact) mass is 329 g/mol. The van der Waals surface area contributed by atoms with Crippen LogP contribution in [0.15, 0.2) is 40.9 Å². The maximum absolute atomic E-state index is 11.8. The van der Waals surface area contributed by atoms with E-state index in [0.29, 0.717) is 18.0 Å². The van der Waals surface area contributed by atoms with Crippen LogP contribution in [0.1, 0.15) is 4.88 Å². The van der Waals surface area contributed by atoms with E-state index in [9.17, 15) is 8.42 Å². The van der Waals surface area contributed by atoms with E-state index in [-0.39, 0.29) is 5.75 Å². The van der Waals surface area contributed by atoms with E-state index in [1.165, 1.54) is 23.1 Å². The molecule has 2 rings (SSSR count). The number of benzene rings is 1. The molecule has 0 bridgehead atoms. The molecule has 108 valence electrons. The smallest absolute Gasteiger partial charge is 0.212 e. The third-order valence-corrected chi connectivity index (χ3v) is 5.93. The third kappa shape index (κ3) is 4.78. The van der Waals surface area contributed by atoms with E-state index in [1.54, 1.807) is 17.8 Å². The molecule has 0 unspecified atom stereocenters. The van der Waals surface area contributed by atoms with Crippen molar-refractivity contribution in [1.82, 2.24) is 9.71 Å². The summed E-state index contributed by atoms with van der Waals surface area (Å²) in [5, 5.41) is 0. The molecule has 0 aliphatic rings. The van der Waals surface area contributed by atoms with Gasteiger partial charge in [-0.2, -0.15) is 0 Å². The minimum atomic E-state index is -3.27. The largest absolute Gasteiger partial charge is 0.398 e. The van der Waals surface area contributed by atoms with Gasteiger partial charge in [-0.1, -0.05) is 12.1 Å². The van der Waals surface area contributed by atoms with E-state index in [4.69, 9.17) is 5.73 Å². The lowest BCUT2D eigenvalue weighted by molar-refractivity contribution is 0.583. The molecule has 1 aromatic carbocycles. The van der Waals surface area contributed by atoms with Gasteiger partial charge in [0.15, 0.2) is 0 Å². The summed E-state index contributed by atoms with van der Waals surface area (Å²) in [6, 6.07) is 7.43. The van der Waals surface area contributed by atoms with Crippen LogP contribution in [0.2, 0.25) is 0 Å². The van der Waals surface area contributed by atoms with Crippen LogP contribution in [0.3, 0.4) is 0 Å². The van der Waals surface area contributed by atoms with Gasteiger partial charge in [0, 0.05) is 34.0 Å². The number of para-hydroxylation sites is 1. The summed E-state index contributed by atoms with van der Waals surface area (Å²) in [6.45, 7) is 0.297. The fourth-order valence-corrected chi connectivity index (χ4v) is 4.44. The number of nitrogens with one attached hydrogen (secondary N) is 1. The van der Waals surface area contributed by atoms with Crippen molar-refractivity contribution in [3.63, 3.8) is 0 Å². The molecule has 0 fully saturated rings. The first kappa shape index (κ1) is 15.3. The minimum absolute atomic E-state index is 0.0603. The summed E-state index contributed by atoms with van der Waals surface area (Å²) in [6.07, 6.45) is 1.66. The molecule has 0 radical (unpaired) electrons. The van der Waals surface area contributed by atoms with Crippen LogP contribution in [0.4, 0.5) is 5.69 Å². The predicted molar refractivity (Wildman–Crippen MR) is 84.3 cm³/mol. The maximum Gasteiger partial charge on any atom is 0.212 e. The number of rotatable bonds is 7. The van der Waals surface area contributed by atoms with Crippen LogP contribution < -0.4 is 10.5 Å². The summed E-state index contributed by atoms with van der Waals surface area (Å²) < 4.78 is 26.2. The number of hydrogen-bond acceptors (Lipinski definition) is 6. The van der Waals surface area contributed by atoms with Crippen molar-refractivity contribution >= 4 is 38.8 Å². The van der Waals surface area contributed by atoms with Crippen molar-refractivity contribution in [2.24, 2.45) is 0 Å². The van der Waals surface area contributed by atoms with E-state index in [2.05, 4.69) is 9.71 Å². The molecule has 8 heteroatoms. The molecule has 0 amide bonds. The van der Waals surface area contributed by atoms with Crippen LogP contribution >= 0.6 is 23.1 Å². The molecule has 0 spiro atoms. The van der Waals surface area contributed by atoms with Gasteiger partial charge in [-0.3, -0.25) is 4.98 Å². The Kier molecular flexibility index (Phi) is 5.41. The number of nitrogens with zero attached hydrogens (tertiary/aromatic N) is 1. The molecule has 2 aromatic rings. The fourth-order valence-electron chi connectivity index (χ4n) is 1.46. The van der Waals surface area contributed by atoms with Crippen LogP contribution in [0.5, 0.6) is 0 Å². The lowest BCUT2D eigenvalue weighted by Crippen LogP contribution is -2.26. The summed E-state index contributed by atoms with van der Waals surface area (Å²) in [7, 11) is -3.27. The first-order valence-corrected chi connectivity index (χ1v) is 9.40. The van der Waals surface area contributed by atoms with Gasteiger partial charge in [-0.25, -0.2) is 13.1 Å². The van der Waals surface area contributed by atoms with E-state index in [1.807, 2.05) is 18.2 Å². The zero-order chi connectivity index (χ0) is 14.4. The van der Waals surface area contributed by atoms with Gasteiger partial charge in [0.25, 0.3) is 0 Å². The number of aromatic nitrogens is 1. The Labute approximate surface area is 126 Å². The lowest BCUT2D eigenvalue weighted by atomic mass is 10.3. The molecule has 3 N–H and O–H groups in total. The summed E-state index contributed by atoms with van der Waals surface area (Å²) in [4.78, 5) is 5.70. The molecule has 1 heterocycles. The fraction of sp³-hybridized carbons (Fsp3) is 0.250. The van der Waals surface area contributed by atoms with E-state index in [0.717, 1.165) is 9.77 Å². The molecule has 0 saturated heterocycles. The minimum Gasteiger partial charge on any atom is -0.398 e. The number of thioether (sulfide) groups is 1. The second-order valence-corrected chi connectivity index (χ2v) is 8.03. The van der Waals surface area contributed by atoms with Gasteiger partial charge < -0.3 is 5.73 Å². The normalized spacial score (nSPS) is 11.6. The number of sulfonamides is 1. The zero-order valence-corrected chi connectivity index (χ0v) is 13.1. The van der Waals surface area contributed by atoms with Crippen molar-refractivity contribution < 1.29 is 8.42 Å². The third-order valence-electron chi connectivity index (χ3n) is 2.48. The van der Waals surface area contributed by atoms with Crippen molar-refractivity contribution in [2.75, 3.05) is 17.2 Å². The molecule has 1 aromatic heterocycles. The number of nitrogen functional groups attached to an aromatic ring is 1. The molecule has 20 heavy (non-hydrogen) atoms. The first-order chi connectivity index (χ1) is 9.57. The molecule has 0 aliphatic heterocycles. The highest BCUT2D eigenvalue weighted by Gasteiger charge is 2.11. The number of nitrogens with two attached hydrogens (primary N) is 1. The number of hydrogen-bond donors (Lipinski definition) is 2. The number of thiazole rings is 1. The molecular weight excluding hydrogens is 314 g/mol. The summed E-state index contributed by atoms with van der Waals surface area (Å²) in [5.41, 5.74) is 8.15. The van der Waals surface area contributed by atoms with E-state index >= 15 is 0 Å². The van der Waals surface area contributed by atoms with Gasteiger partial charge in [0.2, 0.25) is 10.0 Å². The zero-order valence-electron chi connectivity index (χ0n) is 10.7. The lowest BCUT2D eigenvalue weighted by Gasteiger charge is -2.06. The second-order valence-electron chi connectivity index (χ2n) is 3.99. The van der Waals surface area contributed by atoms with Crippen LogP contribution in [-0.4, -0.2) is 24.9 Å². The molecule has 5 nitrogen and oxygen atoms in total. The maximum atomic E-state index is 11.8. The number of anilines is 1. The Morgan fingerprint density at radius 1 is 1.35 bits per heavy atom. The van der Waals surface area contributed by atoms with Crippen molar-refractivity contribution in [3.8, 4) is 0 Å². The highest BCUT2D eigenvalue weighted by Crippen LogP contribution is 2.24. The first-order valence-electron chi connectivity index (χ1n) is 5.89. The average Bonchev–Trinajstić information content (AvgIpc) is 2.92. The van der Waals surface area contributed by atoms with Crippen LogP contribution in [0, 0.1) is 0 Å². The van der Waals surface area contributed by atoms with Gasteiger partial charge in [-0.15, -0.1) is 23.1 Å². The Morgan fingerprint density at radius 3 is 2.85 bits per heavy atom. The summed E-state index contributed by atoms with van der Waals surface area (Å²) in [5.74, 6) is 0.525. The molecule has 0 aliphatic carbocycles. The van der Waals surface area contributed by atoms with Gasteiger partial charge in [0.1, 0.15) is 0 Å². The SMILES string of the molecule is Nc1ccccc1SCCS(=O)(=O)NCc1cncs1. The highest BCUT2D eigenvalue weighted by molar-refractivity contribution is 8.00. The Morgan fingerprint density at radius 2 is 2.15 bits per heavy atom. The quantitative estimate of drug-likeness (QED) is 0.599. The molecule has 0 saturated carbocycles. The average molecular weight is 329 g/mol. The van der Waals surface area contributed by atoms with Gasteiger partial charge >= 0.3 is 0 Å². The second kappa shape index (κ2) is 7.07. The predicted octanol–water partition coefficient (Wildman–Crippen LogP) is 1.94. The van der Waals surface area contributed by atoms with E-state index < -0.39 is 10.0 Å².